The van der Waals surface area contributed by atoms with Crippen molar-refractivity contribution in [2.75, 3.05) is 19.7 Å². The van der Waals surface area contributed by atoms with Crippen molar-refractivity contribution in [2.24, 2.45) is 29.6 Å². The van der Waals surface area contributed by atoms with Crippen LogP contribution in [0.4, 0.5) is 13.2 Å². The predicted octanol–water partition coefficient (Wildman–Crippen LogP) is 4.42. The Kier molecular flexibility index (Phi) is 9.39. The van der Waals surface area contributed by atoms with E-state index in [2.05, 4.69) is 17.6 Å². The molecule has 0 bridgehead atoms. The molecule has 0 aromatic heterocycles. The fourth-order valence-electron chi connectivity index (χ4n) is 5.66. The molecule has 0 aromatic carbocycles. The van der Waals surface area contributed by atoms with E-state index in [-0.39, 0.29) is 49.3 Å². The zero-order valence-corrected chi connectivity index (χ0v) is 19.8. The van der Waals surface area contributed by atoms with Gasteiger partial charge in [0.2, 0.25) is 5.91 Å². The first-order chi connectivity index (χ1) is 15.7. The average Bonchev–Trinajstić information content (AvgIpc) is 2.78. The second kappa shape index (κ2) is 11.8. The van der Waals surface area contributed by atoms with E-state index in [4.69, 9.17) is 4.74 Å². The van der Waals surface area contributed by atoms with Crippen molar-refractivity contribution in [2.45, 2.75) is 83.5 Å². The van der Waals surface area contributed by atoms with Crippen LogP contribution < -0.4 is 10.6 Å². The number of rotatable bonds is 9. The molecule has 3 aliphatic carbocycles. The number of nitrogens with one attached hydrogen (secondary N) is 2. The van der Waals surface area contributed by atoms with Gasteiger partial charge in [-0.25, -0.2) is 0 Å². The number of halogens is 3. The van der Waals surface area contributed by atoms with Gasteiger partial charge in [0.25, 0.3) is 0 Å². The van der Waals surface area contributed by atoms with Gasteiger partial charge in [-0.1, -0.05) is 25.5 Å². The molecule has 8 heteroatoms. The molecule has 0 spiro atoms. The monoisotopic (exact) mass is 472 g/mol. The Balaban J connectivity index is 1.40. The molecule has 33 heavy (non-hydrogen) atoms. The largest absolute Gasteiger partial charge is 0.391 e. The molecule has 1 amide bonds. The molecule has 0 heterocycles. The van der Waals surface area contributed by atoms with Crippen molar-refractivity contribution in [3.05, 3.63) is 11.6 Å². The standard InChI is InChI=1S/C25H39F3N2O3/c1-16-3-7-22(8-4-16)33-10-9-29-24(32)19(15-31)14-30-21-6-5-18-12-20(25(26,27)28)11-17(2)23(18)13-21/h13,15-22,30H,3-12,14H2,1-2H3,(H,29,32). The van der Waals surface area contributed by atoms with Crippen LogP contribution in [0.15, 0.2) is 11.6 Å². The summed E-state index contributed by atoms with van der Waals surface area (Å²) in [6, 6.07) is -0.0200. The number of fused-ring (bicyclic) bond motifs is 1. The van der Waals surface area contributed by atoms with Crippen LogP contribution in [0.5, 0.6) is 0 Å². The number of carbonyl (C=O) groups excluding carboxylic acids is 2. The lowest BCUT2D eigenvalue weighted by atomic mass is 9.67. The third-order valence-corrected chi connectivity index (χ3v) is 7.75. The van der Waals surface area contributed by atoms with Gasteiger partial charge in [0.15, 0.2) is 0 Å². The van der Waals surface area contributed by atoms with Crippen LogP contribution in [-0.4, -0.2) is 50.2 Å². The molecule has 188 valence electrons. The van der Waals surface area contributed by atoms with Gasteiger partial charge in [0.1, 0.15) is 12.2 Å². The number of hydrogen-bond donors (Lipinski definition) is 2. The number of ether oxygens (including phenoxy) is 1. The van der Waals surface area contributed by atoms with Crippen LogP contribution in [0.25, 0.3) is 0 Å². The van der Waals surface area contributed by atoms with Crippen molar-refractivity contribution in [1.82, 2.24) is 10.6 Å². The van der Waals surface area contributed by atoms with Crippen molar-refractivity contribution < 1.29 is 27.5 Å². The Morgan fingerprint density at radius 1 is 1.15 bits per heavy atom. The van der Waals surface area contributed by atoms with Crippen LogP contribution in [0.2, 0.25) is 0 Å². The van der Waals surface area contributed by atoms with E-state index in [1.165, 1.54) is 12.8 Å². The highest BCUT2D eigenvalue weighted by Gasteiger charge is 2.46. The topological polar surface area (TPSA) is 67.4 Å². The second-order valence-electron chi connectivity index (χ2n) is 10.4. The number of amides is 1. The third kappa shape index (κ3) is 7.54. The lowest BCUT2D eigenvalue weighted by Crippen LogP contribution is -2.43. The molecule has 5 unspecified atom stereocenters. The van der Waals surface area contributed by atoms with Crippen LogP contribution in [-0.2, 0) is 14.3 Å². The first-order valence-electron chi connectivity index (χ1n) is 12.5. The second-order valence-corrected chi connectivity index (χ2v) is 10.4. The number of hydrogen-bond acceptors (Lipinski definition) is 4. The lowest BCUT2D eigenvalue weighted by Gasteiger charge is -2.40. The van der Waals surface area contributed by atoms with Crippen molar-refractivity contribution >= 4 is 12.2 Å². The highest BCUT2D eigenvalue weighted by molar-refractivity contribution is 5.91. The van der Waals surface area contributed by atoms with Gasteiger partial charge in [-0.05, 0) is 69.1 Å². The first kappa shape index (κ1) is 26.2. The van der Waals surface area contributed by atoms with E-state index < -0.39 is 18.0 Å². The lowest BCUT2D eigenvalue weighted by molar-refractivity contribution is -0.186. The minimum absolute atomic E-state index is 0.0176. The zero-order valence-electron chi connectivity index (χ0n) is 19.8. The molecular weight excluding hydrogens is 433 g/mol. The molecule has 2 fully saturated rings. The minimum Gasteiger partial charge on any atom is -0.376 e. The number of allylic oxidation sites excluding steroid dienone is 1. The Bertz CT molecular complexity index is 689. The Morgan fingerprint density at radius 2 is 1.88 bits per heavy atom. The number of carbonyl (C=O) groups is 2. The molecular formula is C25H39F3N2O3. The summed E-state index contributed by atoms with van der Waals surface area (Å²) in [7, 11) is 0. The van der Waals surface area contributed by atoms with Crippen molar-refractivity contribution in [1.29, 1.82) is 0 Å². The quantitative estimate of drug-likeness (QED) is 0.226. The maximum absolute atomic E-state index is 13.2. The first-order valence-corrected chi connectivity index (χ1v) is 12.5. The minimum atomic E-state index is -4.13. The van der Waals surface area contributed by atoms with Crippen LogP contribution in [0.1, 0.15) is 65.2 Å². The van der Waals surface area contributed by atoms with E-state index >= 15 is 0 Å². The molecule has 5 nitrogen and oxygen atoms in total. The summed E-state index contributed by atoms with van der Waals surface area (Å²) in [5.74, 6) is -1.69. The fraction of sp³-hybridized carbons (Fsp3) is 0.840. The Hall–Kier alpha value is -1.41. The highest BCUT2D eigenvalue weighted by Crippen LogP contribution is 2.47. The van der Waals surface area contributed by atoms with Gasteiger partial charge in [0, 0.05) is 19.1 Å². The summed E-state index contributed by atoms with van der Waals surface area (Å²) in [5.41, 5.74) is 1.10. The summed E-state index contributed by atoms with van der Waals surface area (Å²) in [4.78, 5) is 23.9. The van der Waals surface area contributed by atoms with Gasteiger partial charge < -0.3 is 20.2 Å². The van der Waals surface area contributed by atoms with Gasteiger partial charge in [-0.15, -0.1) is 0 Å². The summed E-state index contributed by atoms with van der Waals surface area (Å²) < 4.78 is 45.4. The van der Waals surface area contributed by atoms with E-state index in [9.17, 15) is 22.8 Å². The average molecular weight is 473 g/mol. The van der Waals surface area contributed by atoms with Crippen LogP contribution in [0, 0.1) is 29.6 Å². The molecule has 0 radical (unpaired) electrons. The number of aldehydes is 1. The molecule has 3 aliphatic rings. The summed E-state index contributed by atoms with van der Waals surface area (Å²) in [6.45, 7) is 5.16. The third-order valence-electron chi connectivity index (χ3n) is 7.75. The van der Waals surface area contributed by atoms with Crippen LogP contribution in [0.3, 0.4) is 0 Å². The van der Waals surface area contributed by atoms with E-state index in [0.717, 1.165) is 24.3 Å². The van der Waals surface area contributed by atoms with Gasteiger partial charge >= 0.3 is 6.18 Å². The highest BCUT2D eigenvalue weighted by atomic mass is 19.4. The van der Waals surface area contributed by atoms with E-state index in [1.54, 1.807) is 0 Å². The summed E-state index contributed by atoms with van der Waals surface area (Å²) in [5, 5.41) is 6.06. The summed E-state index contributed by atoms with van der Waals surface area (Å²) >= 11 is 0. The van der Waals surface area contributed by atoms with E-state index in [1.807, 2.05) is 13.0 Å². The fourth-order valence-corrected chi connectivity index (χ4v) is 5.66. The SMILES string of the molecule is CC1CCC(OCCNC(=O)C(C=O)CNC2C=C3C(C)CC(C(F)(F)F)CC3CC2)CC1. The van der Waals surface area contributed by atoms with Gasteiger partial charge in [-0.3, -0.25) is 4.79 Å². The predicted molar refractivity (Wildman–Crippen MR) is 120 cm³/mol. The van der Waals surface area contributed by atoms with Gasteiger partial charge in [0.05, 0.1) is 18.6 Å². The maximum atomic E-state index is 13.2. The van der Waals surface area contributed by atoms with Crippen molar-refractivity contribution in [3.8, 4) is 0 Å². The van der Waals surface area contributed by atoms with Crippen molar-refractivity contribution in [3.63, 3.8) is 0 Å². The van der Waals surface area contributed by atoms with Gasteiger partial charge in [-0.2, -0.15) is 13.2 Å². The molecule has 5 atom stereocenters. The maximum Gasteiger partial charge on any atom is 0.391 e. The Labute approximate surface area is 195 Å². The number of alkyl halides is 3. The molecule has 3 rings (SSSR count). The smallest absolute Gasteiger partial charge is 0.376 e. The molecule has 0 aromatic rings. The summed E-state index contributed by atoms with van der Waals surface area (Å²) in [6.07, 6.45) is 5.04. The molecule has 0 aliphatic heterocycles. The molecule has 0 saturated heterocycles. The normalized spacial score (nSPS) is 33.5. The molecule has 2 saturated carbocycles. The molecule has 2 N–H and O–H groups in total. The van der Waals surface area contributed by atoms with E-state index in [0.29, 0.717) is 32.3 Å². The zero-order chi connectivity index (χ0) is 24.0. The Morgan fingerprint density at radius 3 is 2.55 bits per heavy atom. The van der Waals surface area contributed by atoms with Crippen LogP contribution >= 0.6 is 0 Å².